The van der Waals surface area contributed by atoms with Crippen LogP contribution in [0.15, 0.2) is 12.5 Å². The van der Waals surface area contributed by atoms with Crippen LogP contribution in [0.1, 0.15) is 23.3 Å². The number of carbonyl (C=O) groups is 2. The third-order valence-corrected chi connectivity index (χ3v) is 2.30. The van der Waals surface area contributed by atoms with Gasteiger partial charge in [0.25, 0.3) is 0 Å². The summed E-state index contributed by atoms with van der Waals surface area (Å²) in [5.41, 5.74) is 0.00132. The van der Waals surface area contributed by atoms with E-state index in [1.165, 1.54) is 12.5 Å². The minimum Gasteiger partial charge on any atom is -0.476 e. The smallest absolute Gasteiger partial charge is 0.356 e. The molecule has 0 fully saturated rings. The summed E-state index contributed by atoms with van der Waals surface area (Å²) in [6, 6.07) is 0. The molecule has 7 heteroatoms. The Morgan fingerprint density at radius 1 is 1.56 bits per heavy atom. The van der Waals surface area contributed by atoms with E-state index < -0.39 is 5.97 Å². The van der Waals surface area contributed by atoms with Crippen LogP contribution in [0.4, 0.5) is 0 Å². The molecule has 1 amide bonds. The summed E-state index contributed by atoms with van der Waals surface area (Å²) < 4.78 is 6.47. The number of nitrogens with zero attached hydrogens (tertiary/aromatic N) is 2. The van der Waals surface area contributed by atoms with Crippen molar-refractivity contribution < 1.29 is 19.4 Å². The Morgan fingerprint density at radius 2 is 2.33 bits per heavy atom. The fourth-order valence-electron chi connectivity index (χ4n) is 1.38. The van der Waals surface area contributed by atoms with Crippen molar-refractivity contribution >= 4 is 11.9 Å². The molecule has 0 radical (unpaired) electrons. The Labute approximate surface area is 105 Å². The van der Waals surface area contributed by atoms with Gasteiger partial charge in [0.05, 0.1) is 6.33 Å². The third kappa shape index (κ3) is 4.96. The fourth-order valence-corrected chi connectivity index (χ4v) is 1.38. The van der Waals surface area contributed by atoms with Crippen molar-refractivity contribution in [3.8, 4) is 0 Å². The second kappa shape index (κ2) is 7.44. The van der Waals surface area contributed by atoms with Gasteiger partial charge >= 0.3 is 5.97 Å². The number of hydrogen-bond donors (Lipinski definition) is 2. The van der Waals surface area contributed by atoms with E-state index in [0.29, 0.717) is 32.5 Å². The molecule has 7 nitrogen and oxygen atoms in total. The van der Waals surface area contributed by atoms with Gasteiger partial charge in [-0.25, -0.2) is 9.78 Å². The Kier molecular flexibility index (Phi) is 5.86. The van der Waals surface area contributed by atoms with Gasteiger partial charge < -0.3 is 19.7 Å². The first-order valence-electron chi connectivity index (χ1n) is 5.64. The minimum absolute atomic E-state index is 0.00132. The number of aromatic carboxylic acids is 1. The second-order valence-corrected chi connectivity index (χ2v) is 3.75. The molecule has 1 aromatic rings. The molecular formula is C11H17N3O4. The van der Waals surface area contributed by atoms with Crippen LogP contribution >= 0.6 is 0 Å². The standard InChI is InChI=1S/C11H17N3O4/c1-18-6-2-3-10(15)12-4-5-14-7-9(11(16)17)13-8-14/h7-8H,2-6H2,1H3,(H,12,15)(H,16,17). The Hall–Kier alpha value is -1.89. The predicted molar refractivity (Wildman–Crippen MR) is 63.3 cm³/mol. The topological polar surface area (TPSA) is 93.5 Å². The van der Waals surface area contributed by atoms with Crippen LogP contribution in [0, 0.1) is 0 Å². The van der Waals surface area contributed by atoms with Crippen LogP contribution in [-0.4, -0.2) is 46.8 Å². The summed E-state index contributed by atoms with van der Waals surface area (Å²) in [4.78, 5) is 25.6. The highest BCUT2D eigenvalue weighted by Gasteiger charge is 2.06. The molecule has 0 aliphatic rings. The zero-order chi connectivity index (χ0) is 13.4. The first-order valence-corrected chi connectivity index (χ1v) is 5.64. The molecule has 1 aromatic heterocycles. The highest BCUT2D eigenvalue weighted by atomic mass is 16.5. The lowest BCUT2D eigenvalue weighted by Crippen LogP contribution is -2.26. The van der Waals surface area contributed by atoms with Crippen molar-refractivity contribution in [2.75, 3.05) is 20.3 Å². The quantitative estimate of drug-likeness (QED) is 0.644. The highest BCUT2D eigenvalue weighted by Crippen LogP contribution is 1.95. The van der Waals surface area contributed by atoms with Gasteiger partial charge in [0, 0.05) is 39.4 Å². The van der Waals surface area contributed by atoms with Gasteiger partial charge in [-0.05, 0) is 6.42 Å². The number of aromatic nitrogens is 2. The minimum atomic E-state index is -1.06. The van der Waals surface area contributed by atoms with E-state index in [0.717, 1.165) is 0 Å². The number of ether oxygens (including phenoxy) is 1. The number of rotatable bonds is 8. The van der Waals surface area contributed by atoms with Crippen molar-refractivity contribution in [1.29, 1.82) is 0 Å². The lowest BCUT2D eigenvalue weighted by atomic mass is 10.3. The number of nitrogens with one attached hydrogen (secondary N) is 1. The second-order valence-electron chi connectivity index (χ2n) is 3.75. The van der Waals surface area contributed by atoms with Gasteiger partial charge in [-0.1, -0.05) is 0 Å². The molecule has 0 aliphatic carbocycles. The van der Waals surface area contributed by atoms with E-state index >= 15 is 0 Å². The van der Waals surface area contributed by atoms with Crippen LogP contribution < -0.4 is 5.32 Å². The monoisotopic (exact) mass is 255 g/mol. The van der Waals surface area contributed by atoms with E-state index in [4.69, 9.17) is 9.84 Å². The van der Waals surface area contributed by atoms with E-state index in [1.54, 1.807) is 11.7 Å². The van der Waals surface area contributed by atoms with E-state index in [2.05, 4.69) is 10.3 Å². The fraction of sp³-hybridized carbons (Fsp3) is 0.545. The molecule has 0 atom stereocenters. The number of carboxylic acids is 1. The average molecular weight is 255 g/mol. The van der Waals surface area contributed by atoms with Crippen LogP contribution in [0.5, 0.6) is 0 Å². The zero-order valence-electron chi connectivity index (χ0n) is 10.3. The molecule has 1 heterocycles. The summed E-state index contributed by atoms with van der Waals surface area (Å²) in [5.74, 6) is -1.09. The first-order chi connectivity index (χ1) is 8.63. The molecule has 0 unspecified atom stereocenters. The molecule has 18 heavy (non-hydrogen) atoms. The Bertz CT molecular complexity index is 403. The van der Waals surface area contributed by atoms with E-state index in [9.17, 15) is 9.59 Å². The van der Waals surface area contributed by atoms with Gasteiger partial charge in [-0.3, -0.25) is 4.79 Å². The molecule has 100 valence electrons. The lowest BCUT2D eigenvalue weighted by molar-refractivity contribution is -0.121. The maximum Gasteiger partial charge on any atom is 0.356 e. The normalized spacial score (nSPS) is 10.3. The molecule has 0 saturated carbocycles. The third-order valence-electron chi connectivity index (χ3n) is 2.30. The maximum absolute atomic E-state index is 11.3. The van der Waals surface area contributed by atoms with E-state index in [-0.39, 0.29) is 11.6 Å². The van der Waals surface area contributed by atoms with Gasteiger partial charge in [0.2, 0.25) is 5.91 Å². The Morgan fingerprint density at radius 3 is 2.94 bits per heavy atom. The SMILES string of the molecule is COCCCC(=O)NCCn1cnc(C(=O)O)c1. The van der Waals surface area contributed by atoms with Gasteiger partial charge in [-0.2, -0.15) is 0 Å². The van der Waals surface area contributed by atoms with Crippen molar-refractivity contribution in [3.63, 3.8) is 0 Å². The maximum atomic E-state index is 11.3. The molecule has 2 N–H and O–H groups in total. The molecular weight excluding hydrogens is 238 g/mol. The molecule has 0 spiro atoms. The van der Waals surface area contributed by atoms with Crippen molar-refractivity contribution in [3.05, 3.63) is 18.2 Å². The van der Waals surface area contributed by atoms with Crippen molar-refractivity contribution in [1.82, 2.24) is 14.9 Å². The number of carboxylic acid groups (broad SMARTS) is 1. The predicted octanol–water partition coefficient (Wildman–Crippen LogP) is 0.124. The average Bonchev–Trinajstić information content (AvgIpc) is 2.78. The van der Waals surface area contributed by atoms with Crippen LogP contribution in [0.3, 0.4) is 0 Å². The molecule has 0 aliphatic heterocycles. The van der Waals surface area contributed by atoms with Gasteiger partial charge in [0.1, 0.15) is 0 Å². The summed E-state index contributed by atoms with van der Waals surface area (Å²) in [7, 11) is 1.59. The highest BCUT2D eigenvalue weighted by molar-refractivity contribution is 5.84. The molecule has 1 rings (SSSR count). The Balaban J connectivity index is 2.20. The van der Waals surface area contributed by atoms with Gasteiger partial charge in [-0.15, -0.1) is 0 Å². The lowest BCUT2D eigenvalue weighted by Gasteiger charge is -2.05. The zero-order valence-corrected chi connectivity index (χ0v) is 10.3. The van der Waals surface area contributed by atoms with E-state index in [1.807, 2.05) is 0 Å². The summed E-state index contributed by atoms with van der Waals surface area (Å²) in [5, 5.41) is 11.4. The number of methoxy groups -OCH3 is 1. The van der Waals surface area contributed by atoms with Crippen LogP contribution in [0.2, 0.25) is 0 Å². The summed E-state index contributed by atoms with van der Waals surface area (Å²) >= 11 is 0. The van der Waals surface area contributed by atoms with Crippen molar-refractivity contribution in [2.24, 2.45) is 0 Å². The molecule has 0 aromatic carbocycles. The number of carbonyl (C=O) groups excluding carboxylic acids is 1. The largest absolute Gasteiger partial charge is 0.476 e. The summed E-state index contributed by atoms with van der Waals surface area (Å²) in [6.07, 6.45) is 3.98. The van der Waals surface area contributed by atoms with Crippen molar-refractivity contribution in [2.45, 2.75) is 19.4 Å². The number of imidazole rings is 1. The van der Waals surface area contributed by atoms with Gasteiger partial charge in [0.15, 0.2) is 5.69 Å². The first kappa shape index (κ1) is 14.2. The van der Waals surface area contributed by atoms with Crippen LogP contribution in [-0.2, 0) is 16.1 Å². The number of hydrogen-bond acceptors (Lipinski definition) is 4. The molecule has 0 bridgehead atoms. The summed E-state index contributed by atoms with van der Waals surface area (Å²) in [6.45, 7) is 1.51. The number of amides is 1. The molecule has 0 saturated heterocycles. The van der Waals surface area contributed by atoms with Crippen LogP contribution in [0.25, 0.3) is 0 Å².